The van der Waals surface area contributed by atoms with E-state index in [0.29, 0.717) is 11.4 Å². The summed E-state index contributed by atoms with van der Waals surface area (Å²) in [6.07, 6.45) is -1.75. The van der Waals surface area contributed by atoms with E-state index >= 15 is 0 Å². The Labute approximate surface area is 336 Å². The number of nitrogens with zero attached hydrogens (tertiary/aromatic N) is 1. The molecule has 58 heavy (non-hydrogen) atoms. The number of Topliss-reactive ketones (excluding diaryl/α,β-unsaturated/α-hetero) is 2. The fourth-order valence-electron chi connectivity index (χ4n) is 7.19. The number of halogens is 1. The molecule has 0 spiro atoms. The quantitative estimate of drug-likeness (QED) is 0.104. The van der Waals surface area contributed by atoms with Crippen LogP contribution in [0.15, 0.2) is 124 Å². The van der Waals surface area contributed by atoms with Crippen LogP contribution in [0.4, 0.5) is 11.4 Å². The zero-order valence-electron chi connectivity index (χ0n) is 30.7. The first kappa shape index (κ1) is 42.8. The van der Waals surface area contributed by atoms with Crippen LogP contribution in [0.3, 0.4) is 0 Å². The Morgan fingerprint density at radius 1 is 0.828 bits per heavy atom. The highest BCUT2D eigenvalue weighted by molar-refractivity contribution is 7.91. The van der Waals surface area contributed by atoms with Crippen LogP contribution in [0.2, 0.25) is 5.02 Å². The zero-order valence-corrected chi connectivity index (χ0v) is 32.3. The summed E-state index contributed by atoms with van der Waals surface area (Å²) in [7, 11) is -0.587. The summed E-state index contributed by atoms with van der Waals surface area (Å²) in [5, 5.41) is 72.4. The van der Waals surface area contributed by atoms with Crippen LogP contribution in [0.25, 0.3) is 5.57 Å². The number of rotatable bonds is 4. The lowest BCUT2D eigenvalue weighted by Gasteiger charge is -2.52. The maximum atomic E-state index is 13.4. The highest BCUT2D eigenvalue weighted by Crippen LogP contribution is 2.55. The number of hydrogen-bond acceptors (Lipinski definition) is 15. The molecule has 3 aliphatic carbocycles. The minimum absolute atomic E-state index is 0.0498. The van der Waals surface area contributed by atoms with Gasteiger partial charge in [0.1, 0.15) is 34.3 Å². The van der Waals surface area contributed by atoms with Gasteiger partial charge in [-0.15, -0.1) is 0 Å². The number of primary amides is 1. The summed E-state index contributed by atoms with van der Waals surface area (Å²) in [6.45, 7) is 3.89. The number of aliphatic hydroxyl groups is 4. The number of carbonyl (C=O) groups excluding carboxylic acids is 3. The largest absolute Gasteiger partial charge is 0.510 e. The monoisotopic (exact) mass is 834 g/mol. The number of nitrogens with two attached hydrogens (primary N) is 3. The molecule has 3 aliphatic rings. The molecule has 18 heteroatoms. The van der Waals surface area contributed by atoms with E-state index in [2.05, 4.69) is 6.58 Å². The molecule has 4 aromatic carbocycles. The number of hydrogen-bond donors (Lipinski definition) is 10. The highest BCUT2D eigenvalue weighted by atomic mass is 35.5. The van der Waals surface area contributed by atoms with Gasteiger partial charge in [-0.2, -0.15) is 0 Å². The predicted molar refractivity (Wildman–Crippen MR) is 212 cm³/mol. The van der Waals surface area contributed by atoms with Crippen molar-refractivity contribution in [1.29, 1.82) is 0 Å². The van der Waals surface area contributed by atoms with Crippen molar-refractivity contribution < 1.29 is 58.5 Å². The van der Waals surface area contributed by atoms with Gasteiger partial charge in [0, 0.05) is 33.9 Å². The van der Waals surface area contributed by atoms with Crippen LogP contribution in [0.5, 0.6) is 17.2 Å². The molecule has 0 aliphatic heterocycles. The second-order valence-electron chi connectivity index (χ2n) is 13.7. The van der Waals surface area contributed by atoms with Crippen LogP contribution in [0, 0.1) is 11.8 Å². The first-order chi connectivity index (χ1) is 27.1. The van der Waals surface area contributed by atoms with Gasteiger partial charge in [0.2, 0.25) is 15.6 Å². The number of amides is 1. The Kier molecular flexibility index (Phi) is 11.7. The van der Waals surface area contributed by atoms with E-state index in [-0.39, 0.29) is 43.0 Å². The number of likely N-dealkylation sites (N-methyl/N-ethyl adjacent to an activating group) is 1. The normalized spacial score (nSPS) is 22.5. The number of aliphatic hydroxyl groups excluding tert-OH is 3. The summed E-state index contributed by atoms with van der Waals surface area (Å²) < 4.78 is 24.3. The van der Waals surface area contributed by atoms with E-state index in [1.165, 1.54) is 67.5 Å². The van der Waals surface area contributed by atoms with Crippen LogP contribution in [0.1, 0.15) is 15.9 Å². The number of anilines is 2. The van der Waals surface area contributed by atoms with Crippen molar-refractivity contribution in [3.63, 3.8) is 0 Å². The third kappa shape index (κ3) is 7.32. The molecule has 304 valence electrons. The smallest absolute Gasteiger partial charge is 0.255 e. The molecule has 0 unspecified atom stereocenters. The van der Waals surface area contributed by atoms with Crippen molar-refractivity contribution in [2.75, 3.05) is 25.6 Å². The fraction of sp³-hybridized carbons (Fsp3) is 0.175. The summed E-state index contributed by atoms with van der Waals surface area (Å²) in [5.74, 6) is -8.99. The van der Waals surface area contributed by atoms with E-state index < -0.39 is 85.3 Å². The molecule has 0 saturated heterocycles. The first-order valence-corrected chi connectivity index (χ1v) is 18.9. The van der Waals surface area contributed by atoms with Crippen LogP contribution < -0.4 is 17.2 Å². The van der Waals surface area contributed by atoms with E-state index in [1.54, 1.807) is 30.3 Å². The molecule has 0 heterocycles. The fourth-order valence-corrected chi connectivity index (χ4v) is 8.73. The van der Waals surface area contributed by atoms with Crippen molar-refractivity contribution in [3.8, 4) is 17.2 Å². The Balaban J connectivity index is 0.000000211. The Hall–Kier alpha value is -6.37. The standard InChI is InChI=1S/C22H21ClN2O8.C12H12N2O2S.C6H6O2/c1-6-9-7(23)4-5-8(26)11(9)16(27)12-10(6)17(28)14-15(25(2)3)18(29)13(21(24)32)20(31)22(14,33)19(12)30;13-9-1-5-11(6-2-9)17(15,16)12-7-3-10(14)4-8-12;7-5-2-1-3-6(8)4-5/h4-5,10,14-15,17,26,28-30,33H,1H2,2-3H3,(H2,24,32);1-8H,13-14H2;1-4,7-8H/t10-,14-,15+,17+,22+;;/m1../s1. The Morgan fingerprint density at radius 2 is 1.33 bits per heavy atom. The summed E-state index contributed by atoms with van der Waals surface area (Å²) in [6, 6.07) is 19.2. The summed E-state index contributed by atoms with van der Waals surface area (Å²) >= 11 is 6.24. The molecule has 7 rings (SSSR count). The van der Waals surface area contributed by atoms with Gasteiger partial charge in [0.25, 0.3) is 5.91 Å². The average Bonchev–Trinajstić information content (AvgIpc) is 3.14. The molecule has 0 bridgehead atoms. The highest BCUT2D eigenvalue weighted by Gasteiger charge is 2.67. The van der Waals surface area contributed by atoms with Crippen molar-refractivity contribution >= 4 is 55.9 Å². The third-order valence-electron chi connectivity index (χ3n) is 9.88. The second-order valence-corrected chi connectivity index (χ2v) is 16.1. The second kappa shape index (κ2) is 15.9. The van der Waals surface area contributed by atoms with Gasteiger partial charge in [-0.25, -0.2) is 8.42 Å². The molecule has 1 amide bonds. The van der Waals surface area contributed by atoms with Gasteiger partial charge in [0.15, 0.2) is 11.4 Å². The van der Waals surface area contributed by atoms with E-state index in [9.17, 15) is 48.3 Å². The Morgan fingerprint density at radius 3 is 1.76 bits per heavy atom. The predicted octanol–water partition coefficient (Wildman–Crippen LogP) is 3.00. The molecular formula is C40H39ClN4O12S. The van der Waals surface area contributed by atoms with Gasteiger partial charge in [-0.05, 0) is 92.5 Å². The lowest BCUT2D eigenvalue weighted by molar-refractivity contribution is -0.159. The first-order valence-electron chi connectivity index (χ1n) is 17.0. The van der Waals surface area contributed by atoms with Crippen molar-refractivity contribution in [2.24, 2.45) is 17.6 Å². The summed E-state index contributed by atoms with van der Waals surface area (Å²) in [4.78, 5) is 40.3. The van der Waals surface area contributed by atoms with Crippen LogP contribution >= 0.6 is 11.6 Å². The number of ketones is 2. The minimum atomic E-state index is -3.48. The van der Waals surface area contributed by atoms with Crippen molar-refractivity contribution in [1.82, 2.24) is 4.90 Å². The van der Waals surface area contributed by atoms with Crippen molar-refractivity contribution in [3.05, 3.63) is 130 Å². The zero-order chi connectivity index (χ0) is 43.2. The third-order valence-corrected chi connectivity index (χ3v) is 12.0. The van der Waals surface area contributed by atoms with Crippen LogP contribution in [-0.4, -0.2) is 98.4 Å². The maximum Gasteiger partial charge on any atom is 0.255 e. The number of nitrogen functional groups attached to an aromatic ring is 2. The molecular weight excluding hydrogens is 796 g/mol. The van der Waals surface area contributed by atoms with E-state index in [4.69, 9.17) is 39.0 Å². The topological polar surface area (TPSA) is 308 Å². The molecule has 0 aromatic heterocycles. The van der Waals surface area contributed by atoms with Crippen molar-refractivity contribution in [2.45, 2.75) is 27.5 Å². The number of phenols is 3. The Bertz CT molecular complexity index is 2450. The molecule has 0 radical (unpaired) electrons. The molecule has 4 aromatic rings. The van der Waals surface area contributed by atoms with E-state index in [0.717, 1.165) is 6.07 Å². The number of sulfone groups is 1. The SMILES string of the molecule is C=C1c2c(Cl)ccc(O)c2C(=O)C2=C(O)[C@]3(O)C(=O)C(C(N)=O)=C(O)[C@@H](N(C)C)[C@@H]3[C@@H](O)[C@H]12.Nc1ccc(S(=O)(=O)c2ccc(N)cc2)cc1.Oc1cccc(O)c1. The van der Waals surface area contributed by atoms with E-state index in [1.807, 2.05) is 0 Å². The molecule has 5 atom stereocenters. The van der Waals surface area contributed by atoms with Gasteiger partial charge >= 0.3 is 0 Å². The molecule has 0 saturated carbocycles. The van der Waals surface area contributed by atoms with Gasteiger partial charge in [-0.1, -0.05) is 24.2 Å². The number of benzene rings is 4. The van der Waals surface area contributed by atoms with Gasteiger partial charge in [-0.3, -0.25) is 19.3 Å². The van der Waals surface area contributed by atoms with Gasteiger partial charge < -0.3 is 52.9 Å². The van der Waals surface area contributed by atoms with Gasteiger partial charge in [0.05, 0.1) is 39.0 Å². The number of fused-ring (bicyclic) bond motifs is 3. The molecule has 0 fully saturated rings. The number of carbonyl (C=O) groups is 3. The molecule has 16 nitrogen and oxygen atoms in total. The molecule has 13 N–H and O–H groups in total. The number of phenolic OH excluding ortho intramolecular Hbond substituents is 3. The summed E-state index contributed by atoms with van der Waals surface area (Å²) in [5.41, 5.74) is 12.6. The minimum Gasteiger partial charge on any atom is -0.510 e. The van der Waals surface area contributed by atoms with Crippen LogP contribution in [-0.2, 0) is 19.4 Å². The average molecular weight is 835 g/mol. The maximum absolute atomic E-state index is 13.4. The number of aromatic hydroxyl groups is 3. The lowest BCUT2D eigenvalue weighted by Crippen LogP contribution is -2.68. The lowest BCUT2D eigenvalue weighted by atomic mass is 9.56.